The van der Waals surface area contributed by atoms with E-state index in [2.05, 4.69) is 10.3 Å². The molecule has 0 saturated carbocycles. The Morgan fingerprint density at radius 1 is 1.09 bits per heavy atom. The van der Waals surface area contributed by atoms with Crippen LogP contribution in [0.1, 0.15) is 28.7 Å². The van der Waals surface area contributed by atoms with Crippen LogP contribution in [0.15, 0.2) is 46.3 Å². The molecule has 2 aromatic carbocycles. The van der Waals surface area contributed by atoms with Crippen molar-refractivity contribution < 1.29 is 13.2 Å². The molecular weight excluding hydrogens is 460 g/mol. The highest BCUT2D eigenvalue weighted by molar-refractivity contribution is 7.89. The van der Waals surface area contributed by atoms with E-state index in [9.17, 15) is 13.2 Å². The number of carbonyl (C=O) groups is 1. The second-order valence-electron chi connectivity index (χ2n) is 8.36. The predicted octanol–water partition coefficient (Wildman–Crippen LogP) is 3.02. The highest BCUT2D eigenvalue weighted by Gasteiger charge is 2.24. The molecule has 1 amide bonds. The molecular formula is C24H31ClN4O3S. The van der Waals surface area contributed by atoms with Crippen LogP contribution in [-0.2, 0) is 21.2 Å². The third kappa shape index (κ3) is 6.13. The fraction of sp³-hybridized carbons (Fsp3) is 0.417. The van der Waals surface area contributed by atoms with Crippen molar-refractivity contribution in [3.63, 3.8) is 0 Å². The summed E-state index contributed by atoms with van der Waals surface area (Å²) in [5.41, 5.74) is 3.44. The number of nitrogens with one attached hydrogen (secondary N) is 1. The lowest BCUT2D eigenvalue weighted by Crippen LogP contribution is -2.37. The summed E-state index contributed by atoms with van der Waals surface area (Å²) < 4.78 is 27.3. The zero-order valence-corrected chi connectivity index (χ0v) is 21.1. The number of halogens is 1. The van der Waals surface area contributed by atoms with Crippen LogP contribution in [0.5, 0.6) is 0 Å². The van der Waals surface area contributed by atoms with Crippen LogP contribution in [0.4, 0.5) is 0 Å². The third-order valence-electron chi connectivity index (χ3n) is 5.85. The Labute approximate surface area is 201 Å². The first kappa shape index (κ1) is 25.2. The Hall–Kier alpha value is -2.42. The molecule has 9 heteroatoms. The lowest BCUT2D eigenvalue weighted by Gasteiger charge is -2.23. The number of likely N-dealkylation sites (N-methyl/N-ethyl adjacent to an activating group) is 2. The molecule has 0 spiro atoms. The Morgan fingerprint density at radius 2 is 1.79 bits per heavy atom. The number of aryl methyl sites for hydroxylation is 3. The normalized spacial score (nSPS) is 13.7. The molecule has 0 atom stereocenters. The fourth-order valence-electron chi connectivity index (χ4n) is 3.60. The van der Waals surface area contributed by atoms with Gasteiger partial charge in [0, 0.05) is 50.7 Å². The number of hydrogen-bond donors (Lipinski definition) is 1. The monoisotopic (exact) mass is 490 g/mol. The van der Waals surface area contributed by atoms with E-state index in [1.165, 1.54) is 11.4 Å². The number of rotatable bonds is 9. The third-order valence-corrected chi connectivity index (χ3v) is 8.26. The van der Waals surface area contributed by atoms with Crippen molar-refractivity contribution in [3.8, 4) is 0 Å². The quantitative estimate of drug-likeness (QED) is 0.585. The molecule has 1 heterocycles. The van der Waals surface area contributed by atoms with Gasteiger partial charge in [-0.1, -0.05) is 35.9 Å². The molecule has 0 aromatic heterocycles. The van der Waals surface area contributed by atoms with E-state index >= 15 is 0 Å². The number of carbonyl (C=O) groups excluding carboxylic acids is 1. The number of amides is 1. The van der Waals surface area contributed by atoms with Crippen molar-refractivity contribution >= 4 is 33.4 Å². The van der Waals surface area contributed by atoms with Crippen molar-refractivity contribution in [1.29, 1.82) is 0 Å². The molecule has 0 fully saturated rings. The van der Waals surface area contributed by atoms with Gasteiger partial charge in [0.1, 0.15) is 5.84 Å². The van der Waals surface area contributed by atoms with E-state index in [1.54, 1.807) is 37.9 Å². The van der Waals surface area contributed by atoms with Gasteiger partial charge in [0.05, 0.1) is 11.4 Å². The summed E-state index contributed by atoms with van der Waals surface area (Å²) in [4.78, 5) is 18.8. The van der Waals surface area contributed by atoms with Crippen LogP contribution in [-0.4, -0.2) is 69.6 Å². The lowest BCUT2D eigenvalue weighted by molar-refractivity contribution is -0.129. The van der Waals surface area contributed by atoms with Crippen molar-refractivity contribution in [2.24, 2.45) is 4.99 Å². The first-order valence-corrected chi connectivity index (χ1v) is 12.8. The van der Waals surface area contributed by atoms with Gasteiger partial charge in [-0.05, 0) is 49.1 Å². The van der Waals surface area contributed by atoms with Crippen LogP contribution in [0, 0.1) is 13.8 Å². The van der Waals surface area contributed by atoms with E-state index in [-0.39, 0.29) is 17.3 Å². The van der Waals surface area contributed by atoms with Gasteiger partial charge in [-0.2, -0.15) is 4.31 Å². The average Bonchev–Trinajstić information content (AvgIpc) is 3.33. The molecule has 7 nitrogen and oxygen atoms in total. The number of aliphatic imine (C=N–C) groups is 1. The lowest BCUT2D eigenvalue weighted by atomic mass is 10.1. The van der Waals surface area contributed by atoms with Gasteiger partial charge in [-0.3, -0.25) is 9.79 Å². The maximum absolute atomic E-state index is 13.0. The SMILES string of the molecule is Cc1cc(S(=O)(=O)N(C)CCN(C)C(=O)CCc2ccc(C3=NCCN3)cc2)c(C)cc1Cl. The molecule has 1 N–H and O–H groups in total. The summed E-state index contributed by atoms with van der Waals surface area (Å²) in [5.74, 6) is 0.894. The van der Waals surface area contributed by atoms with Gasteiger partial charge >= 0.3 is 0 Å². The topological polar surface area (TPSA) is 82.1 Å². The molecule has 33 heavy (non-hydrogen) atoms. The number of amidine groups is 1. The number of nitrogens with zero attached hydrogens (tertiary/aromatic N) is 3. The minimum atomic E-state index is -3.67. The highest BCUT2D eigenvalue weighted by atomic mass is 35.5. The van der Waals surface area contributed by atoms with Crippen LogP contribution < -0.4 is 5.32 Å². The van der Waals surface area contributed by atoms with Gasteiger partial charge in [-0.15, -0.1) is 0 Å². The average molecular weight is 491 g/mol. The Balaban J connectivity index is 1.52. The van der Waals surface area contributed by atoms with E-state index in [1.807, 2.05) is 24.3 Å². The zero-order valence-electron chi connectivity index (χ0n) is 19.6. The summed E-state index contributed by atoms with van der Waals surface area (Å²) in [7, 11) is -0.443. The number of hydrogen-bond acceptors (Lipinski definition) is 5. The Bertz CT molecular complexity index is 1150. The van der Waals surface area contributed by atoms with Crippen molar-refractivity contribution in [1.82, 2.24) is 14.5 Å². The van der Waals surface area contributed by atoms with Gasteiger partial charge in [0.15, 0.2) is 0 Å². The fourth-order valence-corrected chi connectivity index (χ4v) is 5.27. The van der Waals surface area contributed by atoms with Crippen molar-refractivity contribution in [3.05, 3.63) is 63.7 Å². The van der Waals surface area contributed by atoms with Gasteiger partial charge in [0.2, 0.25) is 15.9 Å². The standard InChI is InChI=1S/C24H31ClN4O3S/c1-17-16-22(18(2)15-21(17)25)33(31,32)29(4)14-13-28(3)23(30)10-7-19-5-8-20(9-6-19)24-26-11-12-27-24/h5-6,8-9,15-16H,7,10-14H2,1-4H3,(H,26,27). The van der Waals surface area contributed by atoms with Crippen LogP contribution in [0.2, 0.25) is 5.02 Å². The smallest absolute Gasteiger partial charge is 0.243 e. The summed E-state index contributed by atoms with van der Waals surface area (Å²) in [6.07, 6.45) is 0.988. The number of benzene rings is 2. The molecule has 0 bridgehead atoms. The van der Waals surface area contributed by atoms with E-state index < -0.39 is 10.0 Å². The molecule has 0 unspecified atom stereocenters. The van der Waals surface area contributed by atoms with E-state index in [0.717, 1.165) is 30.1 Å². The molecule has 0 aliphatic carbocycles. The maximum Gasteiger partial charge on any atom is 0.243 e. The van der Waals surface area contributed by atoms with Crippen LogP contribution in [0.3, 0.4) is 0 Å². The maximum atomic E-state index is 13.0. The first-order chi connectivity index (χ1) is 15.6. The Morgan fingerprint density at radius 3 is 2.42 bits per heavy atom. The van der Waals surface area contributed by atoms with E-state index in [0.29, 0.717) is 35.5 Å². The van der Waals surface area contributed by atoms with E-state index in [4.69, 9.17) is 11.6 Å². The molecule has 2 aromatic rings. The Kier molecular flexibility index (Phi) is 8.15. The van der Waals surface area contributed by atoms with Gasteiger partial charge < -0.3 is 10.2 Å². The summed E-state index contributed by atoms with van der Waals surface area (Å²) >= 11 is 6.10. The minimum Gasteiger partial charge on any atom is -0.368 e. The van der Waals surface area contributed by atoms with Crippen molar-refractivity contribution in [2.45, 2.75) is 31.6 Å². The molecule has 0 radical (unpaired) electrons. The molecule has 0 saturated heterocycles. The summed E-state index contributed by atoms with van der Waals surface area (Å²) in [6, 6.07) is 11.3. The second kappa shape index (κ2) is 10.7. The van der Waals surface area contributed by atoms with Crippen molar-refractivity contribution in [2.75, 3.05) is 40.3 Å². The molecule has 1 aliphatic rings. The predicted molar refractivity (Wildman–Crippen MR) is 133 cm³/mol. The molecule has 1 aliphatic heterocycles. The second-order valence-corrected chi connectivity index (χ2v) is 10.8. The molecule has 3 rings (SSSR count). The van der Waals surface area contributed by atoms with Crippen LogP contribution in [0.25, 0.3) is 0 Å². The number of sulfonamides is 1. The zero-order chi connectivity index (χ0) is 24.2. The molecule has 178 valence electrons. The summed E-state index contributed by atoms with van der Waals surface area (Å²) in [5, 5.41) is 3.79. The highest BCUT2D eigenvalue weighted by Crippen LogP contribution is 2.25. The first-order valence-electron chi connectivity index (χ1n) is 10.9. The largest absolute Gasteiger partial charge is 0.368 e. The van der Waals surface area contributed by atoms with Gasteiger partial charge in [-0.25, -0.2) is 8.42 Å². The summed E-state index contributed by atoms with van der Waals surface area (Å²) in [6.45, 7) is 5.69. The minimum absolute atomic E-state index is 0.0229. The van der Waals surface area contributed by atoms with Gasteiger partial charge in [0.25, 0.3) is 0 Å². The van der Waals surface area contributed by atoms with Crippen LogP contribution >= 0.6 is 11.6 Å².